The number of aliphatic carboxylic acids is 1. The van der Waals surface area contributed by atoms with Crippen molar-refractivity contribution in [1.29, 1.82) is 0 Å². The third-order valence-electron chi connectivity index (χ3n) is 2.83. The van der Waals surface area contributed by atoms with Crippen molar-refractivity contribution in [3.05, 3.63) is 48.5 Å². The van der Waals surface area contributed by atoms with Gasteiger partial charge in [0, 0.05) is 9.79 Å². The smallest absolute Gasteiger partial charge is 0.323 e. The number of anilines is 2. The van der Waals surface area contributed by atoms with Crippen LogP contribution in [0.1, 0.15) is 0 Å². The molecule has 0 saturated heterocycles. The first-order valence-electron chi connectivity index (χ1n) is 5.61. The fourth-order valence-electron chi connectivity index (χ4n) is 2.09. The van der Waals surface area contributed by atoms with Crippen LogP contribution in [0, 0.1) is 0 Å². The van der Waals surface area contributed by atoms with Crippen LogP contribution < -0.4 is 4.90 Å². The number of carboxylic acids is 1. The maximum Gasteiger partial charge on any atom is 0.323 e. The summed E-state index contributed by atoms with van der Waals surface area (Å²) >= 11 is 1.68. The Bertz CT molecular complexity index is 567. The molecule has 0 aliphatic carbocycles. The van der Waals surface area contributed by atoms with E-state index in [0.29, 0.717) is 0 Å². The summed E-state index contributed by atoms with van der Waals surface area (Å²) < 4.78 is 0. The van der Waals surface area contributed by atoms with Gasteiger partial charge in [-0.1, -0.05) is 36.0 Å². The third-order valence-corrected chi connectivity index (χ3v) is 3.96. The summed E-state index contributed by atoms with van der Waals surface area (Å²) in [6.07, 6.45) is 0. The lowest BCUT2D eigenvalue weighted by molar-refractivity contribution is -0.135. The normalized spacial score (nSPS) is 12.8. The van der Waals surface area contributed by atoms with Crippen LogP contribution in [0.25, 0.3) is 0 Å². The Kier molecular flexibility index (Phi) is 2.72. The number of hydrogen-bond donors (Lipinski definition) is 1. The predicted octanol–water partition coefficient (Wildman–Crippen LogP) is 3.37. The molecule has 0 unspecified atom stereocenters. The van der Waals surface area contributed by atoms with Crippen LogP contribution in [0.3, 0.4) is 0 Å². The summed E-state index contributed by atoms with van der Waals surface area (Å²) in [7, 11) is 0. The maximum absolute atomic E-state index is 11.0. The van der Waals surface area contributed by atoms with Crippen molar-refractivity contribution in [2.75, 3.05) is 11.4 Å². The van der Waals surface area contributed by atoms with E-state index in [1.54, 1.807) is 11.8 Å². The Morgan fingerprint density at radius 2 is 1.50 bits per heavy atom. The molecule has 0 bridgehead atoms. The van der Waals surface area contributed by atoms with Crippen molar-refractivity contribution in [3.8, 4) is 0 Å². The van der Waals surface area contributed by atoms with Gasteiger partial charge in [0.2, 0.25) is 0 Å². The first-order valence-corrected chi connectivity index (χ1v) is 6.42. The van der Waals surface area contributed by atoms with Crippen molar-refractivity contribution >= 4 is 29.1 Å². The molecule has 0 fully saturated rings. The van der Waals surface area contributed by atoms with E-state index in [1.165, 1.54) is 0 Å². The molecule has 1 heterocycles. The second kappa shape index (κ2) is 4.38. The van der Waals surface area contributed by atoms with Crippen LogP contribution in [-0.4, -0.2) is 17.6 Å². The van der Waals surface area contributed by atoms with Crippen LogP contribution in [0.15, 0.2) is 58.3 Å². The highest BCUT2D eigenvalue weighted by molar-refractivity contribution is 7.99. The second-order valence-corrected chi connectivity index (χ2v) is 5.10. The molecule has 2 aromatic carbocycles. The monoisotopic (exact) mass is 257 g/mol. The molecule has 0 aromatic heterocycles. The van der Waals surface area contributed by atoms with Gasteiger partial charge in [0.1, 0.15) is 6.54 Å². The van der Waals surface area contributed by atoms with Gasteiger partial charge in [0.25, 0.3) is 0 Å². The summed E-state index contributed by atoms with van der Waals surface area (Å²) in [6, 6.07) is 15.8. The lowest BCUT2D eigenvalue weighted by Crippen LogP contribution is -2.27. The number of rotatable bonds is 2. The van der Waals surface area contributed by atoms with Gasteiger partial charge in [-0.3, -0.25) is 4.79 Å². The summed E-state index contributed by atoms with van der Waals surface area (Å²) in [5.41, 5.74) is 1.92. The molecule has 1 N–H and O–H groups in total. The fourth-order valence-corrected chi connectivity index (χ4v) is 3.18. The molecular weight excluding hydrogens is 246 g/mol. The molecule has 3 nitrogen and oxygen atoms in total. The van der Waals surface area contributed by atoms with Crippen LogP contribution in [0.2, 0.25) is 0 Å². The van der Waals surface area contributed by atoms with Crippen LogP contribution >= 0.6 is 11.8 Å². The Balaban J connectivity index is 2.14. The fraction of sp³-hybridized carbons (Fsp3) is 0.0714. The molecule has 0 amide bonds. The topological polar surface area (TPSA) is 40.5 Å². The molecule has 1 aliphatic rings. The Labute approximate surface area is 109 Å². The minimum Gasteiger partial charge on any atom is -0.480 e. The lowest BCUT2D eigenvalue weighted by atomic mass is 10.2. The number of carbonyl (C=O) groups is 1. The zero-order valence-electron chi connectivity index (χ0n) is 9.54. The molecule has 3 rings (SSSR count). The molecule has 0 radical (unpaired) electrons. The summed E-state index contributed by atoms with van der Waals surface area (Å²) in [5.74, 6) is -0.827. The van der Waals surface area contributed by atoms with E-state index in [-0.39, 0.29) is 6.54 Å². The highest BCUT2D eigenvalue weighted by atomic mass is 32.2. The average Bonchev–Trinajstić information content (AvgIpc) is 2.38. The Morgan fingerprint density at radius 1 is 1.00 bits per heavy atom. The van der Waals surface area contributed by atoms with Crippen molar-refractivity contribution in [2.24, 2.45) is 0 Å². The first-order chi connectivity index (χ1) is 8.75. The van der Waals surface area contributed by atoms with Gasteiger partial charge in [-0.2, -0.15) is 0 Å². The highest BCUT2D eigenvalue weighted by Gasteiger charge is 2.23. The molecule has 0 saturated carbocycles. The average molecular weight is 257 g/mol. The van der Waals surface area contributed by atoms with Crippen LogP contribution in [0.5, 0.6) is 0 Å². The number of para-hydroxylation sites is 2. The van der Waals surface area contributed by atoms with Gasteiger partial charge < -0.3 is 10.0 Å². The summed E-state index contributed by atoms with van der Waals surface area (Å²) in [4.78, 5) is 15.1. The quantitative estimate of drug-likeness (QED) is 0.895. The predicted molar refractivity (Wildman–Crippen MR) is 71.6 cm³/mol. The lowest BCUT2D eigenvalue weighted by Gasteiger charge is -2.31. The molecule has 90 valence electrons. The molecule has 0 spiro atoms. The Morgan fingerprint density at radius 3 is 2.00 bits per heavy atom. The first kappa shape index (κ1) is 11.2. The van der Waals surface area contributed by atoms with Gasteiger partial charge in [0.15, 0.2) is 0 Å². The van der Waals surface area contributed by atoms with Crippen molar-refractivity contribution in [2.45, 2.75) is 9.79 Å². The van der Waals surface area contributed by atoms with E-state index in [1.807, 2.05) is 53.4 Å². The second-order valence-electron chi connectivity index (χ2n) is 4.02. The van der Waals surface area contributed by atoms with Gasteiger partial charge in [-0.15, -0.1) is 0 Å². The molecular formula is C14H11NO2S. The summed E-state index contributed by atoms with van der Waals surface area (Å²) in [5, 5.41) is 9.07. The van der Waals surface area contributed by atoms with Gasteiger partial charge in [0.05, 0.1) is 11.4 Å². The summed E-state index contributed by atoms with van der Waals surface area (Å²) in [6.45, 7) is -0.0193. The van der Waals surface area contributed by atoms with E-state index in [9.17, 15) is 4.79 Å². The number of nitrogens with zero attached hydrogens (tertiary/aromatic N) is 1. The molecule has 2 aromatic rings. The SMILES string of the molecule is O=C(O)CN1c2ccccc2Sc2ccccc21. The van der Waals surface area contributed by atoms with Gasteiger partial charge in [-0.05, 0) is 24.3 Å². The highest BCUT2D eigenvalue weighted by Crippen LogP contribution is 2.47. The van der Waals surface area contributed by atoms with E-state index in [0.717, 1.165) is 21.2 Å². The number of fused-ring (bicyclic) bond motifs is 2. The van der Waals surface area contributed by atoms with Crippen molar-refractivity contribution in [1.82, 2.24) is 0 Å². The zero-order valence-corrected chi connectivity index (χ0v) is 10.4. The van der Waals surface area contributed by atoms with Gasteiger partial charge in [-0.25, -0.2) is 0 Å². The number of hydrogen-bond acceptors (Lipinski definition) is 3. The minimum absolute atomic E-state index is 0.0193. The zero-order chi connectivity index (χ0) is 12.5. The van der Waals surface area contributed by atoms with Crippen molar-refractivity contribution in [3.63, 3.8) is 0 Å². The number of carboxylic acid groups (broad SMARTS) is 1. The molecule has 0 atom stereocenters. The standard InChI is InChI=1S/C14H11NO2S/c16-14(17)9-15-10-5-1-3-7-12(10)18-13-8-4-2-6-11(13)15/h1-8H,9H2,(H,16,17). The van der Waals surface area contributed by atoms with Crippen LogP contribution in [-0.2, 0) is 4.79 Å². The largest absolute Gasteiger partial charge is 0.480 e. The minimum atomic E-state index is -0.827. The van der Waals surface area contributed by atoms with E-state index in [4.69, 9.17) is 5.11 Å². The Hall–Kier alpha value is -1.94. The van der Waals surface area contributed by atoms with Crippen molar-refractivity contribution < 1.29 is 9.90 Å². The maximum atomic E-state index is 11.0. The molecule has 4 heteroatoms. The molecule has 18 heavy (non-hydrogen) atoms. The van der Waals surface area contributed by atoms with Crippen LogP contribution in [0.4, 0.5) is 11.4 Å². The number of benzene rings is 2. The van der Waals surface area contributed by atoms with E-state index in [2.05, 4.69) is 0 Å². The van der Waals surface area contributed by atoms with E-state index < -0.39 is 5.97 Å². The van der Waals surface area contributed by atoms with Gasteiger partial charge >= 0.3 is 5.97 Å². The van der Waals surface area contributed by atoms with E-state index >= 15 is 0 Å². The third kappa shape index (κ3) is 1.84. The molecule has 1 aliphatic heterocycles.